The van der Waals surface area contributed by atoms with E-state index in [4.69, 9.17) is 4.74 Å². The molecule has 1 heterocycles. The Bertz CT molecular complexity index is 595. The number of ether oxygens (including phenoxy) is 1. The van der Waals surface area contributed by atoms with E-state index < -0.39 is 5.92 Å². The first-order valence-corrected chi connectivity index (χ1v) is 5.87. The predicted octanol–water partition coefficient (Wildman–Crippen LogP) is 2.73. The number of aromatic nitrogens is 1. The third-order valence-corrected chi connectivity index (χ3v) is 2.83. The summed E-state index contributed by atoms with van der Waals surface area (Å²) in [5.41, 5.74) is 1.82. The maximum Gasteiger partial charge on any atom is 0.307 e. The van der Waals surface area contributed by atoms with Gasteiger partial charge in [-0.2, -0.15) is 5.26 Å². The SMILES string of the molecule is CCOC(=O)C[C@H](C#N)c1c[nH]c2ccccc12. The van der Waals surface area contributed by atoms with E-state index in [1.165, 1.54) is 0 Å². The molecule has 0 amide bonds. The zero-order valence-corrected chi connectivity index (χ0v) is 10.1. The van der Waals surface area contributed by atoms with Crippen LogP contribution in [0.4, 0.5) is 0 Å². The van der Waals surface area contributed by atoms with Crippen LogP contribution in [0.5, 0.6) is 0 Å². The smallest absolute Gasteiger partial charge is 0.307 e. The van der Waals surface area contributed by atoms with Gasteiger partial charge in [0.25, 0.3) is 0 Å². The molecule has 4 heteroatoms. The van der Waals surface area contributed by atoms with Gasteiger partial charge in [-0.1, -0.05) is 18.2 Å². The van der Waals surface area contributed by atoms with Gasteiger partial charge < -0.3 is 9.72 Å². The summed E-state index contributed by atoms with van der Waals surface area (Å²) in [6, 6.07) is 9.89. The lowest BCUT2D eigenvalue weighted by Gasteiger charge is -2.07. The van der Waals surface area contributed by atoms with Crippen LogP contribution in [0.2, 0.25) is 0 Å². The molecular formula is C14H14N2O2. The molecule has 92 valence electrons. The Kier molecular flexibility index (Phi) is 3.63. The zero-order valence-electron chi connectivity index (χ0n) is 10.1. The van der Waals surface area contributed by atoms with E-state index >= 15 is 0 Å². The van der Waals surface area contributed by atoms with Crippen molar-refractivity contribution in [2.45, 2.75) is 19.3 Å². The molecule has 1 atom stereocenters. The molecule has 2 rings (SSSR count). The highest BCUT2D eigenvalue weighted by Crippen LogP contribution is 2.27. The highest BCUT2D eigenvalue weighted by Gasteiger charge is 2.19. The standard InChI is InChI=1S/C14H14N2O2/c1-2-18-14(17)7-10(8-15)12-9-16-13-6-4-3-5-11(12)13/h3-6,9-10,16H,2,7H2,1H3/t10-/m1/s1. The second-order valence-electron chi connectivity index (χ2n) is 3.98. The van der Waals surface area contributed by atoms with E-state index in [1.807, 2.05) is 24.3 Å². The molecule has 0 radical (unpaired) electrons. The first-order valence-electron chi connectivity index (χ1n) is 5.87. The molecule has 0 unspecified atom stereocenters. The van der Waals surface area contributed by atoms with Gasteiger partial charge in [-0.05, 0) is 18.6 Å². The quantitative estimate of drug-likeness (QED) is 0.838. The minimum atomic E-state index is -0.472. The highest BCUT2D eigenvalue weighted by molar-refractivity contribution is 5.85. The van der Waals surface area contributed by atoms with Crippen LogP contribution in [0, 0.1) is 11.3 Å². The number of nitriles is 1. The summed E-state index contributed by atoms with van der Waals surface area (Å²) < 4.78 is 4.88. The van der Waals surface area contributed by atoms with E-state index in [0.717, 1.165) is 16.5 Å². The first-order chi connectivity index (χ1) is 8.76. The Balaban J connectivity index is 2.28. The normalized spacial score (nSPS) is 12.0. The van der Waals surface area contributed by atoms with Crippen molar-refractivity contribution in [1.29, 1.82) is 5.26 Å². The van der Waals surface area contributed by atoms with Gasteiger partial charge in [0.2, 0.25) is 0 Å². The minimum Gasteiger partial charge on any atom is -0.466 e. The van der Waals surface area contributed by atoms with Crippen LogP contribution < -0.4 is 0 Å². The van der Waals surface area contributed by atoms with Gasteiger partial charge in [0, 0.05) is 17.1 Å². The Morgan fingerprint density at radius 1 is 1.50 bits per heavy atom. The number of benzene rings is 1. The summed E-state index contributed by atoms with van der Waals surface area (Å²) in [6.07, 6.45) is 1.88. The van der Waals surface area contributed by atoms with Gasteiger partial charge in [-0.3, -0.25) is 4.79 Å². The van der Waals surface area contributed by atoms with Crippen molar-refractivity contribution in [3.8, 4) is 6.07 Å². The van der Waals surface area contributed by atoms with Gasteiger partial charge in [-0.15, -0.1) is 0 Å². The molecule has 1 N–H and O–H groups in total. The van der Waals surface area contributed by atoms with Gasteiger partial charge in [0.1, 0.15) is 0 Å². The predicted molar refractivity (Wildman–Crippen MR) is 67.9 cm³/mol. The van der Waals surface area contributed by atoms with Crippen molar-refractivity contribution in [2.24, 2.45) is 0 Å². The van der Waals surface area contributed by atoms with Crippen molar-refractivity contribution in [3.05, 3.63) is 36.0 Å². The van der Waals surface area contributed by atoms with Crippen molar-refractivity contribution < 1.29 is 9.53 Å². The molecule has 0 aliphatic carbocycles. The van der Waals surface area contributed by atoms with E-state index in [9.17, 15) is 10.1 Å². The minimum absolute atomic E-state index is 0.0895. The number of carbonyl (C=O) groups is 1. The lowest BCUT2D eigenvalue weighted by Crippen LogP contribution is -2.09. The second-order valence-corrected chi connectivity index (χ2v) is 3.98. The number of hydrogen-bond acceptors (Lipinski definition) is 3. The molecule has 0 aliphatic heterocycles. The molecule has 18 heavy (non-hydrogen) atoms. The van der Waals surface area contributed by atoms with Gasteiger partial charge in [0.05, 0.1) is 25.0 Å². The molecule has 2 aromatic rings. The summed E-state index contributed by atoms with van der Waals surface area (Å²) in [7, 11) is 0. The summed E-state index contributed by atoms with van der Waals surface area (Å²) >= 11 is 0. The molecule has 0 saturated heterocycles. The third-order valence-electron chi connectivity index (χ3n) is 2.83. The summed E-state index contributed by atoms with van der Waals surface area (Å²) in [6.45, 7) is 2.09. The Hall–Kier alpha value is -2.28. The van der Waals surface area contributed by atoms with Crippen molar-refractivity contribution in [2.75, 3.05) is 6.61 Å². The fraction of sp³-hybridized carbons (Fsp3) is 0.286. The number of nitrogens with zero attached hydrogens (tertiary/aromatic N) is 1. The second kappa shape index (κ2) is 5.37. The first kappa shape index (κ1) is 12.2. The molecule has 0 fully saturated rings. The van der Waals surface area contributed by atoms with Crippen molar-refractivity contribution >= 4 is 16.9 Å². The lowest BCUT2D eigenvalue weighted by atomic mass is 9.97. The van der Waals surface area contributed by atoms with E-state index in [2.05, 4.69) is 11.1 Å². The Labute approximate surface area is 105 Å². The van der Waals surface area contributed by atoms with E-state index in [0.29, 0.717) is 6.61 Å². The number of para-hydroxylation sites is 1. The maximum atomic E-state index is 11.5. The number of rotatable bonds is 4. The van der Waals surface area contributed by atoms with Crippen molar-refractivity contribution in [1.82, 2.24) is 4.98 Å². The monoisotopic (exact) mass is 242 g/mol. The number of carbonyl (C=O) groups excluding carboxylic acids is 1. The van der Waals surface area contributed by atoms with Gasteiger partial charge in [-0.25, -0.2) is 0 Å². The fourth-order valence-corrected chi connectivity index (χ4v) is 1.99. The van der Waals surface area contributed by atoms with E-state index in [-0.39, 0.29) is 12.4 Å². The van der Waals surface area contributed by atoms with Crippen LogP contribution in [0.1, 0.15) is 24.8 Å². The molecular weight excluding hydrogens is 228 g/mol. The topological polar surface area (TPSA) is 65.9 Å². The maximum absolute atomic E-state index is 11.5. The number of aromatic amines is 1. The number of nitrogens with one attached hydrogen (secondary N) is 1. The number of H-pyrrole nitrogens is 1. The molecule has 1 aromatic carbocycles. The van der Waals surface area contributed by atoms with Crippen LogP contribution in [0.15, 0.2) is 30.5 Å². The molecule has 0 bridgehead atoms. The zero-order chi connectivity index (χ0) is 13.0. The Morgan fingerprint density at radius 3 is 3.00 bits per heavy atom. The number of esters is 1. The average molecular weight is 242 g/mol. The molecule has 4 nitrogen and oxygen atoms in total. The lowest BCUT2D eigenvalue weighted by molar-refractivity contribution is -0.143. The summed E-state index contributed by atoms with van der Waals surface area (Å²) in [4.78, 5) is 14.6. The van der Waals surface area contributed by atoms with Crippen LogP contribution in [-0.2, 0) is 9.53 Å². The average Bonchev–Trinajstić information content (AvgIpc) is 2.80. The van der Waals surface area contributed by atoms with Crippen molar-refractivity contribution in [3.63, 3.8) is 0 Å². The third kappa shape index (κ3) is 2.35. The number of fused-ring (bicyclic) bond motifs is 1. The molecule has 0 aliphatic rings. The number of hydrogen-bond donors (Lipinski definition) is 1. The van der Waals surface area contributed by atoms with E-state index in [1.54, 1.807) is 13.1 Å². The molecule has 0 spiro atoms. The fourth-order valence-electron chi connectivity index (χ4n) is 1.99. The van der Waals surface area contributed by atoms with Gasteiger partial charge in [0.15, 0.2) is 0 Å². The molecule has 1 aromatic heterocycles. The van der Waals surface area contributed by atoms with Crippen LogP contribution >= 0.6 is 0 Å². The summed E-state index contributed by atoms with van der Waals surface area (Å²) in [5, 5.41) is 10.2. The summed E-state index contributed by atoms with van der Waals surface area (Å²) in [5.74, 6) is -0.811. The van der Waals surface area contributed by atoms with Gasteiger partial charge >= 0.3 is 5.97 Å². The van der Waals surface area contributed by atoms with Crippen LogP contribution in [0.25, 0.3) is 10.9 Å². The molecule has 0 saturated carbocycles. The van der Waals surface area contributed by atoms with Crippen LogP contribution in [0.3, 0.4) is 0 Å². The largest absolute Gasteiger partial charge is 0.466 e. The highest BCUT2D eigenvalue weighted by atomic mass is 16.5. The Morgan fingerprint density at radius 2 is 2.28 bits per heavy atom. The van der Waals surface area contributed by atoms with Crippen LogP contribution in [-0.4, -0.2) is 17.6 Å².